The average Bonchev–Trinajstić information content (AvgIpc) is 3.17. The van der Waals surface area contributed by atoms with E-state index in [1.165, 1.54) is 10.6 Å². The second kappa shape index (κ2) is 4.36. The molecule has 22 heavy (non-hydrogen) atoms. The first-order valence-electron chi connectivity index (χ1n) is 7.02. The van der Waals surface area contributed by atoms with Gasteiger partial charge in [-0.25, -0.2) is 4.79 Å². The monoisotopic (exact) mass is 316 g/mol. The van der Waals surface area contributed by atoms with E-state index in [2.05, 4.69) is 0 Å². The summed E-state index contributed by atoms with van der Waals surface area (Å²) in [5.74, 6) is -0.741. The molecule has 0 saturated heterocycles. The average molecular weight is 317 g/mol. The maximum Gasteiger partial charge on any atom is 0.327 e. The second-order valence-electron chi connectivity index (χ2n) is 5.90. The number of aliphatic carboxylic acids is 1. The molecule has 2 heterocycles. The number of hydrogen-bond donors (Lipinski definition) is 2. The SMILES string of the molecule is Nc1ccc(Cl)cc1-c1cc2n(c(=O)c1)[C@H](C(=O)O)[C@H]1C[C@@H]21. The van der Waals surface area contributed by atoms with Crippen LogP contribution in [0.3, 0.4) is 0 Å². The summed E-state index contributed by atoms with van der Waals surface area (Å²) in [4.78, 5) is 23.8. The van der Waals surface area contributed by atoms with Crippen LogP contribution in [-0.4, -0.2) is 15.6 Å². The molecule has 4 rings (SSSR count). The van der Waals surface area contributed by atoms with E-state index in [0.717, 1.165) is 12.1 Å². The molecule has 0 spiro atoms. The van der Waals surface area contributed by atoms with Crippen LogP contribution in [0.4, 0.5) is 5.69 Å². The summed E-state index contributed by atoms with van der Waals surface area (Å²) in [6.45, 7) is 0. The number of rotatable bonds is 2. The van der Waals surface area contributed by atoms with Crippen LogP contribution in [0, 0.1) is 5.92 Å². The molecule has 2 aliphatic rings. The molecule has 6 heteroatoms. The number of carboxylic acid groups (broad SMARTS) is 1. The Kier molecular flexibility index (Phi) is 2.66. The first-order chi connectivity index (χ1) is 10.5. The van der Waals surface area contributed by atoms with Gasteiger partial charge < -0.3 is 10.8 Å². The summed E-state index contributed by atoms with van der Waals surface area (Å²) >= 11 is 6.01. The van der Waals surface area contributed by atoms with Crippen molar-refractivity contribution in [3.05, 3.63) is 51.4 Å². The van der Waals surface area contributed by atoms with Crippen LogP contribution >= 0.6 is 11.6 Å². The van der Waals surface area contributed by atoms with Crippen molar-refractivity contribution in [2.45, 2.75) is 18.4 Å². The number of nitrogens with two attached hydrogens (primary N) is 1. The van der Waals surface area contributed by atoms with Gasteiger partial charge in [0.15, 0.2) is 0 Å². The van der Waals surface area contributed by atoms with E-state index in [0.29, 0.717) is 21.8 Å². The van der Waals surface area contributed by atoms with Crippen molar-refractivity contribution in [1.29, 1.82) is 0 Å². The van der Waals surface area contributed by atoms with Crippen LogP contribution in [0.5, 0.6) is 0 Å². The number of benzene rings is 1. The van der Waals surface area contributed by atoms with Crippen molar-refractivity contribution in [2.24, 2.45) is 5.92 Å². The fourth-order valence-electron chi connectivity index (χ4n) is 3.51. The molecule has 0 unspecified atom stereocenters. The van der Waals surface area contributed by atoms with Gasteiger partial charge in [-0.05, 0) is 42.2 Å². The number of aromatic nitrogens is 1. The fraction of sp³-hybridized carbons (Fsp3) is 0.250. The second-order valence-corrected chi connectivity index (χ2v) is 6.33. The Bertz CT molecular complexity index is 874. The van der Waals surface area contributed by atoms with Gasteiger partial charge in [-0.15, -0.1) is 0 Å². The van der Waals surface area contributed by atoms with E-state index in [-0.39, 0.29) is 17.4 Å². The molecule has 1 aliphatic carbocycles. The number of hydrogen-bond acceptors (Lipinski definition) is 3. The zero-order valence-corrected chi connectivity index (χ0v) is 12.2. The van der Waals surface area contributed by atoms with Crippen molar-refractivity contribution < 1.29 is 9.90 Å². The molecule has 1 aromatic heterocycles. The van der Waals surface area contributed by atoms with Gasteiger partial charge in [0.2, 0.25) is 0 Å². The van der Waals surface area contributed by atoms with Gasteiger partial charge in [-0.3, -0.25) is 9.36 Å². The Morgan fingerprint density at radius 1 is 1.32 bits per heavy atom. The minimum Gasteiger partial charge on any atom is -0.480 e. The highest BCUT2D eigenvalue weighted by Gasteiger charge is 2.55. The summed E-state index contributed by atoms with van der Waals surface area (Å²) < 4.78 is 1.41. The molecule has 0 radical (unpaired) electrons. The zero-order valence-electron chi connectivity index (χ0n) is 11.5. The van der Waals surface area contributed by atoms with Crippen LogP contribution in [-0.2, 0) is 4.79 Å². The van der Waals surface area contributed by atoms with Crippen molar-refractivity contribution in [2.75, 3.05) is 5.73 Å². The number of pyridine rings is 1. The van der Waals surface area contributed by atoms with E-state index >= 15 is 0 Å². The third-order valence-corrected chi connectivity index (χ3v) is 4.82. The van der Waals surface area contributed by atoms with Gasteiger partial charge in [0, 0.05) is 34.0 Å². The number of carbonyl (C=O) groups is 1. The molecule has 0 bridgehead atoms. The Labute approximate surface area is 130 Å². The standard InChI is InChI=1S/C16H13ClN2O3/c17-8-1-2-12(18)9(5-8)7-3-13-10-6-11(10)15(16(21)22)19(13)14(20)4-7/h1-5,10-11,15H,6,18H2,(H,21,22)/t10-,11+,15+/m1/s1. The van der Waals surface area contributed by atoms with Gasteiger partial charge in [0.25, 0.3) is 5.56 Å². The fourth-order valence-corrected chi connectivity index (χ4v) is 3.68. The minimum absolute atomic E-state index is 0.0390. The number of fused-ring (bicyclic) bond motifs is 3. The van der Waals surface area contributed by atoms with Crippen LogP contribution in [0.15, 0.2) is 35.1 Å². The van der Waals surface area contributed by atoms with Crippen LogP contribution in [0.1, 0.15) is 24.1 Å². The third kappa shape index (κ3) is 1.78. The molecule has 1 saturated carbocycles. The molecule has 3 atom stereocenters. The quantitative estimate of drug-likeness (QED) is 0.834. The van der Waals surface area contributed by atoms with Gasteiger partial charge in [0.05, 0.1) is 0 Å². The predicted molar refractivity (Wildman–Crippen MR) is 83.1 cm³/mol. The van der Waals surface area contributed by atoms with Crippen molar-refractivity contribution in [1.82, 2.24) is 4.57 Å². The molecular weight excluding hydrogens is 304 g/mol. The highest BCUT2D eigenvalue weighted by atomic mass is 35.5. The normalized spacial score (nSPS) is 24.7. The Hall–Kier alpha value is -2.27. The smallest absolute Gasteiger partial charge is 0.327 e. The lowest BCUT2D eigenvalue weighted by molar-refractivity contribution is -0.141. The number of anilines is 1. The van der Waals surface area contributed by atoms with Crippen LogP contribution < -0.4 is 11.3 Å². The van der Waals surface area contributed by atoms with Crippen LogP contribution in [0.25, 0.3) is 11.1 Å². The summed E-state index contributed by atoms with van der Waals surface area (Å²) in [7, 11) is 0. The summed E-state index contributed by atoms with van der Waals surface area (Å²) in [5.41, 5.74) is 8.39. The number of carboxylic acids is 1. The highest BCUT2D eigenvalue weighted by Crippen LogP contribution is 2.59. The minimum atomic E-state index is -0.941. The van der Waals surface area contributed by atoms with Gasteiger partial charge in [0.1, 0.15) is 6.04 Å². The first-order valence-corrected chi connectivity index (χ1v) is 7.40. The highest BCUT2D eigenvalue weighted by molar-refractivity contribution is 6.31. The van der Waals surface area contributed by atoms with Gasteiger partial charge in [-0.2, -0.15) is 0 Å². The molecule has 1 aliphatic heterocycles. The molecule has 1 aromatic carbocycles. The topological polar surface area (TPSA) is 85.3 Å². The zero-order chi connectivity index (χ0) is 15.6. The molecule has 1 fully saturated rings. The van der Waals surface area contributed by atoms with Crippen molar-refractivity contribution in [3.63, 3.8) is 0 Å². The lowest BCUT2D eigenvalue weighted by atomic mass is 10.0. The molecule has 3 N–H and O–H groups in total. The number of halogens is 1. The van der Waals surface area contributed by atoms with E-state index < -0.39 is 12.0 Å². The van der Waals surface area contributed by atoms with Gasteiger partial charge >= 0.3 is 5.97 Å². The van der Waals surface area contributed by atoms with Crippen LogP contribution in [0.2, 0.25) is 5.02 Å². The largest absolute Gasteiger partial charge is 0.480 e. The Morgan fingerprint density at radius 3 is 2.82 bits per heavy atom. The van der Waals surface area contributed by atoms with E-state index in [4.69, 9.17) is 17.3 Å². The Morgan fingerprint density at radius 2 is 2.09 bits per heavy atom. The molecule has 112 valence electrons. The first kappa shape index (κ1) is 13.4. The lowest BCUT2D eigenvalue weighted by Crippen LogP contribution is -2.29. The van der Waals surface area contributed by atoms with E-state index in [1.807, 2.05) is 6.07 Å². The maximum absolute atomic E-state index is 12.4. The van der Waals surface area contributed by atoms with Crippen molar-refractivity contribution >= 4 is 23.3 Å². The summed E-state index contributed by atoms with van der Waals surface area (Å²) in [6, 6.07) is 7.68. The molecule has 0 amide bonds. The lowest BCUT2D eigenvalue weighted by Gasteiger charge is -2.15. The number of nitrogen functional groups attached to an aromatic ring is 1. The maximum atomic E-state index is 12.4. The van der Waals surface area contributed by atoms with Gasteiger partial charge in [-0.1, -0.05) is 11.6 Å². The predicted octanol–water partition coefficient (Wildman–Crippen LogP) is 2.49. The number of nitrogens with zero attached hydrogens (tertiary/aromatic N) is 1. The molecule has 5 nitrogen and oxygen atoms in total. The van der Waals surface area contributed by atoms with Crippen molar-refractivity contribution in [3.8, 4) is 11.1 Å². The molecule has 2 aromatic rings. The Balaban J connectivity index is 1.91. The van der Waals surface area contributed by atoms with E-state index in [1.54, 1.807) is 18.2 Å². The summed E-state index contributed by atoms with van der Waals surface area (Å²) in [5, 5.41) is 9.89. The third-order valence-electron chi connectivity index (χ3n) is 4.58. The van der Waals surface area contributed by atoms with E-state index in [9.17, 15) is 14.7 Å². The summed E-state index contributed by atoms with van der Waals surface area (Å²) in [6.07, 6.45) is 0.824. The molecular formula is C16H13ClN2O3.